The maximum absolute atomic E-state index is 5.79. The summed E-state index contributed by atoms with van der Waals surface area (Å²) in [4.78, 5) is 0. The molecule has 0 unspecified atom stereocenters. The molecule has 2 heteroatoms. The van der Waals surface area contributed by atoms with Gasteiger partial charge in [0, 0.05) is 10.6 Å². The Kier molecular flexibility index (Phi) is 3.18. The summed E-state index contributed by atoms with van der Waals surface area (Å²) in [6, 6.07) is 5.49. The molecule has 0 aliphatic heterocycles. The number of ether oxygens (including phenoxy) is 1. The van der Waals surface area contributed by atoms with Crippen molar-refractivity contribution in [3.63, 3.8) is 0 Å². The molecule has 0 amide bonds. The van der Waals surface area contributed by atoms with Gasteiger partial charge in [-0.05, 0) is 25.1 Å². The first kappa shape index (κ1) is 9.14. The van der Waals surface area contributed by atoms with Crippen LogP contribution < -0.4 is 4.74 Å². The van der Waals surface area contributed by atoms with Crippen molar-refractivity contribution in [1.29, 1.82) is 0 Å². The van der Waals surface area contributed by atoms with E-state index in [0.29, 0.717) is 11.6 Å². The lowest BCUT2D eigenvalue weighted by Crippen LogP contribution is -1.93. The minimum Gasteiger partial charge on any atom is -0.493 e. The fourth-order valence-electron chi connectivity index (χ4n) is 0.966. The number of rotatable bonds is 3. The van der Waals surface area contributed by atoms with Gasteiger partial charge in [-0.15, -0.1) is 0 Å². The predicted molar refractivity (Wildman–Crippen MR) is 52.7 cm³/mol. The standard InChI is InChI=1S/C10H11ClO/c1-3-8-7-9(11)5-6-10(8)12-4-2/h3,5-7H,1,4H2,2H3. The molecular weight excluding hydrogens is 172 g/mol. The zero-order chi connectivity index (χ0) is 8.97. The predicted octanol–water partition coefficient (Wildman–Crippen LogP) is 3.38. The van der Waals surface area contributed by atoms with E-state index in [1.54, 1.807) is 12.1 Å². The molecule has 1 nitrogen and oxygen atoms in total. The van der Waals surface area contributed by atoms with E-state index in [9.17, 15) is 0 Å². The van der Waals surface area contributed by atoms with Gasteiger partial charge in [-0.1, -0.05) is 24.3 Å². The van der Waals surface area contributed by atoms with Gasteiger partial charge in [-0.3, -0.25) is 0 Å². The number of halogens is 1. The van der Waals surface area contributed by atoms with Crippen LogP contribution in [0.1, 0.15) is 12.5 Å². The maximum atomic E-state index is 5.79. The molecule has 0 bridgehead atoms. The summed E-state index contributed by atoms with van der Waals surface area (Å²) in [6.45, 7) is 6.28. The highest BCUT2D eigenvalue weighted by molar-refractivity contribution is 6.30. The second-order valence-electron chi connectivity index (χ2n) is 2.32. The van der Waals surface area contributed by atoms with E-state index in [4.69, 9.17) is 16.3 Å². The van der Waals surface area contributed by atoms with E-state index in [1.165, 1.54) is 0 Å². The quantitative estimate of drug-likeness (QED) is 0.697. The Hall–Kier alpha value is -0.950. The molecule has 0 saturated carbocycles. The van der Waals surface area contributed by atoms with Gasteiger partial charge in [0.25, 0.3) is 0 Å². The molecular formula is C10H11ClO. The van der Waals surface area contributed by atoms with E-state index >= 15 is 0 Å². The minimum atomic E-state index is 0.655. The van der Waals surface area contributed by atoms with Crippen LogP contribution in [0, 0.1) is 0 Å². The van der Waals surface area contributed by atoms with Gasteiger partial charge in [0.1, 0.15) is 5.75 Å². The molecule has 0 aliphatic carbocycles. The van der Waals surface area contributed by atoms with Crippen molar-refractivity contribution in [3.05, 3.63) is 35.4 Å². The molecule has 12 heavy (non-hydrogen) atoms. The average Bonchev–Trinajstić information content (AvgIpc) is 2.08. The van der Waals surface area contributed by atoms with Crippen LogP contribution in [0.25, 0.3) is 6.08 Å². The average molecular weight is 183 g/mol. The molecule has 0 fully saturated rings. The second kappa shape index (κ2) is 4.17. The Bertz CT molecular complexity index is 281. The second-order valence-corrected chi connectivity index (χ2v) is 2.76. The van der Waals surface area contributed by atoms with Gasteiger partial charge in [-0.25, -0.2) is 0 Å². The summed E-state index contributed by atoms with van der Waals surface area (Å²) in [5.41, 5.74) is 0.935. The third-order valence-electron chi connectivity index (χ3n) is 1.49. The van der Waals surface area contributed by atoms with Gasteiger partial charge in [0.05, 0.1) is 6.61 Å². The highest BCUT2D eigenvalue weighted by atomic mass is 35.5. The summed E-state index contributed by atoms with van der Waals surface area (Å²) in [6.07, 6.45) is 1.73. The van der Waals surface area contributed by atoms with Gasteiger partial charge < -0.3 is 4.74 Å². The first-order valence-corrected chi connectivity index (χ1v) is 4.20. The first-order chi connectivity index (χ1) is 5.77. The summed E-state index contributed by atoms with van der Waals surface area (Å²) < 4.78 is 5.35. The van der Waals surface area contributed by atoms with Crippen molar-refractivity contribution >= 4 is 17.7 Å². The highest BCUT2D eigenvalue weighted by Crippen LogP contribution is 2.23. The number of hydrogen-bond donors (Lipinski definition) is 0. The highest BCUT2D eigenvalue weighted by Gasteiger charge is 1.99. The first-order valence-electron chi connectivity index (χ1n) is 3.82. The number of benzene rings is 1. The topological polar surface area (TPSA) is 9.23 Å². The smallest absolute Gasteiger partial charge is 0.126 e. The zero-order valence-electron chi connectivity index (χ0n) is 7.01. The van der Waals surface area contributed by atoms with E-state index in [2.05, 4.69) is 6.58 Å². The SMILES string of the molecule is C=Cc1cc(Cl)ccc1OCC. The van der Waals surface area contributed by atoms with E-state index < -0.39 is 0 Å². The molecule has 0 heterocycles. The van der Waals surface area contributed by atoms with Crippen LogP contribution in [0.5, 0.6) is 5.75 Å². The lowest BCUT2D eigenvalue weighted by molar-refractivity contribution is 0.339. The van der Waals surface area contributed by atoms with E-state index in [-0.39, 0.29) is 0 Å². The Balaban J connectivity index is 3.02. The summed E-state index contributed by atoms with van der Waals surface area (Å²) >= 11 is 5.79. The van der Waals surface area contributed by atoms with Crippen LogP contribution in [0.2, 0.25) is 5.02 Å². The van der Waals surface area contributed by atoms with Gasteiger partial charge in [0.2, 0.25) is 0 Å². The molecule has 0 N–H and O–H groups in total. The summed E-state index contributed by atoms with van der Waals surface area (Å²) in [5, 5.41) is 0.702. The third-order valence-corrected chi connectivity index (χ3v) is 1.73. The normalized spacial score (nSPS) is 9.50. The van der Waals surface area contributed by atoms with Crippen LogP contribution in [-0.2, 0) is 0 Å². The minimum absolute atomic E-state index is 0.655. The molecule has 0 aliphatic rings. The van der Waals surface area contributed by atoms with Crippen LogP contribution in [0.15, 0.2) is 24.8 Å². The molecule has 0 saturated heterocycles. The van der Waals surface area contributed by atoms with Crippen molar-refractivity contribution < 1.29 is 4.74 Å². The fraction of sp³-hybridized carbons (Fsp3) is 0.200. The molecule has 0 atom stereocenters. The lowest BCUT2D eigenvalue weighted by Gasteiger charge is -2.06. The lowest BCUT2D eigenvalue weighted by atomic mass is 10.2. The molecule has 1 aromatic rings. The van der Waals surface area contributed by atoms with E-state index in [0.717, 1.165) is 11.3 Å². The Labute approximate surface area is 77.6 Å². The fourth-order valence-corrected chi connectivity index (χ4v) is 1.15. The third kappa shape index (κ3) is 2.02. The van der Waals surface area contributed by atoms with Crippen molar-refractivity contribution in [3.8, 4) is 5.75 Å². The van der Waals surface area contributed by atoms with Gasteiger partial charge in [0.15, 0.2) is 0 Å². The summed E-state index contributed by atoms with van der Waals surface area (Å²) in [7, 11) is 0. The number of hydrogen-bond acceptors (Lipinski definition) is 1. The molecule has 64 valence electrons. The van der Waals surface area contributed by atoms with Crippen molar-refractivity contribution in [1.82, 2.24) is 0 Å². The van der Waals surface area contributed by atoms with E-state index in [1.807, 2.05) is 19.1 Å². The Morgan fingerprint density at radius 1 is 1.58 bits per heavy atom. The molecule has 1 rings (SSSR count). The van der Waals surface area contributed by atoms with Crippen LogP contribution >= 0.6 is 11.6 Å². The van der Waals surface area contributed by atoms with Crippen LogP contribution in [-0.4, -0.2) is 6.61 Å². The van der Waals surface area contributed by atoms with Gasteiger partial charge in [-0.2, -0.15) is 0 Å². The zero-order valence-corrected chi connectivity index (χ0v) is 7.77. The summed E-state index contributed by atoms with van der Waals surface area (Å²) in [5.74, 6) is 0.830. The van der Waals surface area contributed by atoms with Gasteiger partial charge >= 0.3 is 0 Å². The Morgan fingerprint density at radius 3 is 2.92 bits per heavy atom. The monoisotopic (exact) mass is 182 g/mol. The van der Waals surface area contributed by atoms with Crippen molar-refractivity contribution in [2.45, 2.75) is 6.92 Å². The van der Waals surface area contributed by atoms with Crippen LogP contribution in [0.4, 0.5) is 0 Å². The molecule has 0 spiro atoms. The maximum Gasteiger partial charge on any atom is 0.126 e. The molecule has 1 aromatic carbocycles. The Morgan fingerprint density at radius 2 is 2.33 bits per heavy atom. The van der Waals surface area contributed by atoms with Crippen molar-refractivity contribution in [2.24, 2.45) is 0 Å². The van der Waals surface area contributed by atoms with Crippen molar-refractivity contribution in [2.75, 3.05) is 6.61 Å². The molecule has 0 aromatic heterocycles. The van der Waals surface area contributed by atoms with Crippen LogP contribution in [0.3, 0.4) is 0 Å². The molecule has 0 radical (unpaired) electrons. The largest absolute Gasteiger partial charge is 0.493 e.